The molecule has 3 unspecified atom stereocenters. The Hall–Kier alpha value is -0.850. The molecule has 1 heterocycles. The van der Waals surface area contributed by atoms with E-state index in [0.29, 0.717) is 24.0 Å². The highest BCUT2D eigenvalue weighted by Crippen LogP contribution is 2.44. The third-order valence-corrected chi connectivity index (χ3v) is 6.40. The van der Waals surface area contributed by atoms with Crippen LogP contribution in [0.25, 0.3) is 0 Å². The van der Waals surface area contributed by atoms with E-state index in [1.54, 1.807) is 13.0 Å². The van der Waals surface area contributed by atoms with E-state index in [9.17, 15) is 8.42 Å². The van der Waals surface area contributed by atoms with Gasteiger partial charge in [-0.15, -0.1) is 0 Å². The second-order valence-electron chi connectivity index (χ2n) is 6.32. The number of hydrogen-bond donors (Lipinski definition) is 2. The van der Waals surface area contributed by atoms with E-state index >= 15 is 0 Å². The largest absolute Gasteiger partial charge is 0.464 e. The Morgan fingerprint density at radius 3 is 2.76 bits per heavy atom. The molecule has 0 amide bonds. The molecule has 2 fully saturated rings. The molecule has 0 radical (unpaired) electrons. The molecule has 2 saturated carbocycles. The molecule has 5 nitrogen and oxygen atoms in total. The molecule has 1 aromatic heterocycles. The van der Waals surface area contributed by atoms with Gasteiger partial charge in [-0.1, -0.05) is 13.3 Å². The molecule has 2 bridgehead atoms. The van der Waals surface area contributed by atoms with Gasteiger partial charge in [0.2, 0.25) is 10.0 Å². The van der Waals surface area contributed by atoms with Crippen LogP contribution >= 0.6 is 0 Å². The fourth-order valence-corrected chi connectivity index (χ4v) is 5.30. The van der Waals surface area contributed by atoms with Gasteiger partial charge in [0.1, 0.15) is 16.4 Å². The first-order valence-electron chi connectivity index (χ1n) is 7.82. The number of sulfonamides is 1. The number of nitrogens with one attached hydrogen (secondary N) is 2. The molecule has 2 N–H and O–H groups in total. The van der Waals surface area contributed by atoms with Crippen molar-refractivity contribution in [3.05, 3.63) is 17.6 Å². The Labute approximate surface area is 126 Å². The van der Waals surface area contributed by atoms with Crippen LogP contribution in [0.1, 0.15) is 44.1 Å². The predicted molar refractivity (Wildman–Crippen MR) is 80.4 cm³/mol. The summed E-state index contributed by atoms with van der Waals surface area (Å²) in [6, 6.07) is 1.76. The Kier molecular flexibility index (Phi) is 4.12. The minimum Gasteiger partial charge on any atom is -0.464 e. The summed E-state index contributed by atoms with van der Waals surface area (Å²) in [6.45, 7) is 5.10. The minimum atomic E-state index is -3.47. The summed E-state index contributed by atoms with van der Waals surface area (Å²) in [5.41, 5.74) is 0. The van der Waals surface area contributed by atoms with Crippen LogP contribution in [0.15, 0.2) is 15.4 Å². The van der Waals surface area contributed by atoms with Gasteiger partial charge in [0, 0.05) is 12.1 Å². The Morgan fingerprint density at radius 2 is 2.14 bits per heavy atom. The van der Waals surface area contributed by atoms with Crippen molar-refractivity contribution in [3.8, 4) is 0 Å². The lowest BCUT2D eigenvalue weighted by atomic mass is 9.96. The van der Waals surface area contributed by atoms with Gasteiger partial charge in [-0.05, 0) is 44.6 Å². The van der Waals surface area contributed by atoms with E-state index in [1.165, 1.54) is 12.8 Å². The standard InChI is InChI=1S/C15H24N2O3S/c1-3-16-9-13-8-15(10(2)20-13)21(18,19)17-14-7-11-4-5-12(14)6-11/h8,11-12,14,16-17H,3-7,9H2,1-2H3. The summed E-state index contributed by atoms with van der Waals surface area (Å²) >= 11 is 0. The second kappa shape index (κ2) is 5.74. The van der Waals surface area contributed by atoms with Gasteiger partial charge >= 0.3 is 0 Å². The fraction of sp³-hybridized carbons (Fsp3) is 0.733. The van der Waals surface area contributed by atoms with Gasteiger partial charge in [-0.25, -0.2) is 13.1 Å². The molecule has 1 aromatic rings. The Balaban J connectivity index is 1.74. The number of fused-ring (bicyclic) bond motifs is 2. The molecular formula is C15H24N2O3S. The summed E-state index contributed by atoms with van der Waals surface area (Å²) in [6.07, 6.45) is 4.60. The van der Waals surface area contributed by atoms with Crippen molar-refractivity contribution in [3.63, 3.8) is 0 Å². The molecule has 3 rings (SSSR count). The van der Waals surface area contributed by atoms with Crippen molar-refractivity contribution < 1.29 is 12.8 Å². The zero-order valence-electron chi connectivity index (χ0n) is 12.7. The van der Waals surface area contributed by atoms with Crippen molar-refractivity contribution in [2.75, 3.05) is 6.54 Å². The molecule has 2 aliphatic carbocycles. The Bertz CT molecular complexity index is 608. The maximum Gasteiger partial charge on any atom is 0.244 e. The van der Waals surface area contributed by atoms with Gasteiger partial charge < -0.3 is 9.73 Å². The zero-order chi connectivity index (χ0) is 15.0. The Morgan fingerprint density at radius 1 is 1.33 bits per heavy atom. The lowest BCUT2D eigenvalue weighted by Gasteiger charge is -2.22. The van der Waals surface area contributed by atoms with Crippen LogP contribution in [0.2, 0.25) is 0 Å². The normalized spacial score (nSPS) is 28.4. The summed E-state index contributed by atoms with van der Waals surface area (Å²) in [5, 5.41) is 3.14. The van der Waals surface area contributed by atoms with Crippen molar-refractivity contribution in [1.82, 2.24) is 10.0 Å². The lowest BCUT2D eigenvalue weighted by molar-refractivity contribution is 0.389. The zero-order valence-corrected chi connectivity index (χ0v) is 13.5. The highest BCUT2D eigenvalue weighted by atomic mass is 32.2. The number of furan rings is 1. The molecule has 6 heteroatoms. The predicted octanol–water partition coefficient (Wildman–Crippen LogP) is 2.16. The van der Waals surface area contributed by atoms with Crippen molar-refractivity contribution in [2.45, 2.75) is 57.0 Å². The first-order valence-corrected chi connectivity index (χ1v) is 9.30. The van der Waals surface area contributed by atoms with Crippen molar-refractivity contribution in [1.29, 1.82) is 0 Å². The molecule has 0 aliphatic heterocycles. The molecule has 0 spiro atoms. The first kappa shape index (κ1) is 15.1. The average molecular weight is 312 g/mol. The molecule has 0 saturated heterocycles. The smallest absolute Gasteiger partial charge is 0.244 e. The molecule has 21 heavy (non-hydrogen) atoms. The number of hydrogen-bond acceptors (Lipinski definition) is 4. The average Bonchev–Trinajstić information content (AvgIpc) is 3.11. The minimum absolute atomic E-state index is 0.111. The highest BCUT2D eigenvalue weighted by molar-refractivity contribution is 7.89. The first-order chi connectivity index (χ1) is 9.99. The monoisotopic (exact) mass is 312 g/mol. The summed E-state index contributed by atoms with van der Waals surface area (Å²) in [4.78, 5) is 0.290. The van der Waals surface area contributed by atoms with E-state index in [0.717, 1.165) is 25.3 Å². The maximum absolute atomic E-state index is 12.6. The van der Waals surface area contributed by atoms with Crippen LogP contribution in [0.3, 0.4) is 0 Å². The van der Waals surface area contributed by atoms with E-state index in [2.05, 4.69) is 10.0 Å². The van der Waals surface area contributed by atoms with E-state index < -0.39 is 10.0 Å². The number of aryl methyl sites for hydroxylation is 1. The van der Waals surface area contributed by atoms with Crippen LogP contribution < -0.4 is 10.0 Å². The van der Waals surface area contributed by atoms with Crippen LogP contribution in [-0.2, 0) is 16.6 Å². The molecule has 2 aliphatic rings. The molecule has 0 aromatic carbocycles. The SMILES string of the molecule is CCNCc1cc(S(=O)(=O)NC2CC3CCC2C3)c(C)o1. The topological polar surface area (TPSA) is 71.3 Å². The van der Waals surface area contributed by atoms with Gasteiger partial charge in [-0.3, -0.25) is 0 Å². The molecule has 118 valence electrons. The van der Waals surface area contributed by atoms with E-state index in [1.807, 2.05) is 6.92 Å². The summed E-state index contributed by atoms with van der Waals surface area (Å²) < 4.78 is 33.6. The fourth-order valence-electron chi connectivity index (χ4n) is 3.78. The van der Waals surface area contributed by atoms with Crippen LogP contribution in [-0.4, -0.2) is 21.0 Å². The summed E-state index contributed by atoms with van der Waals surface area (Å²) in [7, 11) is -3.47. The summed E-state index contributed by atoms with van der Waals surface area (Å²) in [5.74, 6) is 2.39. The third-order valence-electron chi connectivity index (χ3n) is 4.81. The van der Waals surface area contributed by atoms with E-state index in [-0.39, 0.29) is 10.9 Å². The van der Waals surface area contributed by atoms with E-state index in [4.69, 9.17) is 4.42 Å². The van der Waals surface area contributed by atoms with Crippen LogP contribution in [0.5, 0.6) is 0 Å². The van der Waals surface area contributed by atoms with Gasteiger partial charge in [-0.2, -0.15) is 0 Å². The molecule has 3 atom stereocenters. The van der Waals surface area contributed by atoms with Gasteiger partial charge in [0.25, 0.3) is 0 Å². The van der Waals surface area contributed by atoms with Gasteiger partial charge in [0.15, 0.2) is 0 Å². The molecular weight excluding hydrogens is 288 g/mol. The van der Waals surface area contributed by atoms with Gasteiger partial charge in [0.05, 0.1) is 6.54 Å². The number of rotatable bonds is 6. The van der Waals surface area contributed by atoms with Crippen LogP contribution in [0, 0.1) is 18.8 Å². The quantitative estimate of drug-likeness (QED) is 0.844. The van der Waals surface area contributed by atoms with Crippen LogP contribution in [0.4, 0.5) is 0 Å². The maximum atomic E-state index is 12.6. The lowest BCUT2D eigenvalue weighted by Crippen LogP contribution is -2.38. The second-order valence-corrected chi connectivity index (χ2v) is 8.00. The van der Waals surface area contributed by atoms with Crippen molar-refractivity contribution in [2.24, 2.45) is 11.8 Å². The van der Waals surface area contributed by atoms with Crippen molar-refractivity contribution >= 4 is 10.0 Å². The highest BCUT2D eigenvalue weighted by Gasteiger charge is 2.41. The third kappa shape index (κ3) is 3.03.